The van der Waals surface area contributed by atoms with E-state index in [0.717, 1.165) is 11.1 Å². The molecule has 2 heterocycles. The van der Waals surface area contributed by atoms with Gasteiger partial charge in [-0.2, -0.15) is 0 Å². The summed E-state index contributed by atoms with van der Waals surface area (Å²) < 4.78 is 7.25. The van der Waals surface area contributed by atoms with Gasteiger partial charge in [0.2, 0.25) is 0 Å². The lowest BCUT2D eigenvalue weighted by Gasteiger charge is -2.12. The Hall–Kier alpha value is -2.22. The molecule has 1 aromatic carbocycles. The number of benzene rings is 1. The maximum atomic E-state index is 12.4. The Morgan fingerprint density at radius 3 is 2.44 bits per heavy atom. The molecule has 0 radical (unpaired) electrons. The number of hydrogen-bond donors (Lipinski definition) is 1. The monoisotopic (exact) mass is 449 g/mol. The number of hydrogen-bond acceptors (Lipinski definition) is 3. The number of amides is 1. The number of nitrogens with one attached hydrogen (secondary N) is 1. The molecular formula is C19H20IN3O2. The minimum Gasteiger partial charge on any atom is -1.00 e. The highest BCUT2D eigenvalue weighted by Gasteiger charge is 2.17. The van der Waals surface area contributed by atoms with E-state index < -0.39 is 0 Å². The second-order valence-electron chi connectivity index (χ2n) is 5.93. The van der Waals surface area contributed by atoms with Gasteiger partial charge in [-0.05, 0) is 19.4 Å². The molecule has 1 amide bonds. The van der Waals surface area contributed by atoms with Gasteiger partial charge in [-0.1, -0.05) is 35.0 Å². The van der Waals surface area contributed by atoms with Gasteiger partial charge in [0, 0.05) is 23.8 Å². The maximum absolute atomic E-state index is 12.4. The molecule has 1 atom stereocenters. The first-order valence-electron chi connectivity index (χ1n) is 7.83. The molecule has 25 heavy (non-hydrogen) atoms. The third-order valence-corrected chi connectivity index (χ3v) is 3.93. The van der Waals surface area contributed by atoms with E-state index >= 15 is 0 Å². The molecule has 6 heteroatoms. The molecule has 2 aromatic heterocycles. The normalized spacial score (nSPS) is 11.5. The van der Waals surface area contributed by atoms with Crippen LogP contribution in [-0.4, -0.2) is 11.1 Å². The molecule has 1 N–H and O–H groups in total. The number of nitrogens with zero attached hydrogens (tertiary/aromatic N) is 2. The largest absolute Gasteiger partial charge is 1.00 e. The van der Waals surface area contributed by atoms with E-state index in [0.29, 0.717) is 5.76 Å². The van der Waals surface area contributed by atoms with Crippen LogP contribution in [-0.2, 0) is 7.05 Å². The van der Waals surface area contributed by atoms with Crippen LogP contribution in [0.15, 0.2) is 59.4 Å². The van der Waals surface area contributed by atoms with Crippen molar-refractivity contribution in [2.45, 2.75) is 19.9 Å². The van der Waals surface area contributed by atoms with E-state index in [1.165, 1.54) is 5.56 Å². The third-order valence-electron chi connectivity index (χ3n) is 3.93. The fourth-order valence-electron chi connectivity index (χ4n) is 2.39. The van der Waals surface area contributed by atoms with E-state index in [2.05, 4.69) is 10.5 Å². The third kappa shape index (κ3) is 4.66. The molecule has 0 aliphatic carbocycles. The summed E-state index contributed by atoms with van der Waals surface area (Å²) in [5, 5.41) is 6.82. The Morgan fingerprint density at radius 1 is 1.16 bits per heavy atom. The zero-order valence-corrected chi connectivity index (χ0v) is 16.5. The molecular weight excluding hydrogens is 429 g/mol. The van der Waals surface area contributed by atoms with Crippen LogP contribution >= 0.6 is 0 Å². The number of halogens is 1. The van der Waals surface area contributed by atoms with Crippen LogP contribution in [0.5, 0.6) is 0 Å². The van der Waals surface area contributed by atoms with Crippen molar-refractivity contribution in [1.29, 1.82) is 0 Å². The zero-order valence-electron chi connectivity index (χ0n) is 14.4. The molecule has 0 saturated carbocycles. The van der Waals surface area contributed by atoms with E-state index in [9.17, 15) is 4.79 Å². The lowest BCUT2D eigenvalue weighted by atomic mass is 10.1. The second kappa shape index (κ2) is 8.24. The number of carbonyl (C=O) groups is 1. The fourth-order valence-corrected chi connectivity index (χ4v) is 2.39. The van der Waals surface area contributed by atoms with Crippen molar-refractivity contribution in [3.05, 3.63) is 71.7 Å². The van der Waals surface area contributed by atoms with Crippen LogP contribution in [0.3, 0.4) is 0 Å². The van der Waals surface area contributed by atoms with E-state index in [1.807, 2.05) is 74.3 Å². The summed E-state index contributed by atoms with van der Waals surface area (Å²) in [7, 11) is 1.95. The van der Waals surface area contributed by atoms with Crippen LogP contribution in [0.4, 0.5) is 0 Å². The van der Waals surface area contributed by atoms with Gasteiger partial charge in [0.05, 0.1) is 6.04 Å². The maximum Gasteiger partial charge on any atom is 0.273 e. The summed E-state index contributed by atoms with van der Waals surface area (Å²) in [5.74, 6) is 0.331. The average molecular weight is 449 g/mol. The second-order valence-corrected chi connectivity index (χ2v) is 5.93. The number of pyridine rings is 1. The quantitative estimate of drug-likeness (QED) is 0.450. The van der Waals surface area contributed by atoms with Crippen LogP contribution in [0.2, 0.25) is 0 Å². The van der Waals surface area contributed by atoms with Crippen molar-refractivity contribution in [2.24, 2.45) is 7.05 Å². The van der Waals surface area contributed by atoms with Crippen LogP contribution in [0.25, 0.3) is 11.3 Å². The Morgan fingerprint density at radius 2 is 1.80 bits per heavy atom. The van der Waals surface area contributed by atoms with Crippen molar-refractivity contribution >= 4 is 5.91 Å². The highest BCUT2D eigenvalue weighted by atomic mass is 127. The van der Waals surface area contributed by atoms with Crippen LogP contribution in [0, 0.1) is 6.92 Å². The Bertz CT molecular complexity index is 842. The number of rotatable bonds is 4. The van der Waals surface area contributed by atoms with Gasteiger partial charge < -0.3 is 33.8 Å². The minimum atomic E-state index is -0.252. The number of carbonyl (C=O) groups excluding carboxylic acids is 1. The summed E-state index contributed by atoms with van der Waals surface area (Å²) >= 11 is 0. The van der Waals surface area contributed by atoms with Crippen molar-refractivity contribution in [2.75, 3.05) is 0 Å². The van der Waals surface area contributed by atoms with E-state index in [-0.39, 0.29) is 41.6 Å². The number of aryl methyl sites for hydroxylation is 2. The fraction of sp³-hybridized carbons (Fsp3) is 0.211. The summed E-state index contributed by atoms with van der Waals surface area (Å²) in [6, 6.07) is 13.4. The number of aromatic nitrogens is 2. The zero-order chi connectivity index (χ0) is 17.1. The van der Waals surface area contributed by atoms with Gasteiger partial charge in [0.1, 0.15) is 7.05 Å². The molecule has 1 unspecified atom stereocenters. The predicted molar refractivity (Wildman–Crippen MR) is 90.2 cm³/mol. The van der Waals surface area contributed by atoms with Crippen LogP contribution < -0.4 is 33.9 Å². The molecule has 0 aliphatic rings. The predicted octanol–water partition coefficient (Wildman–Crippen LogP) is -0.0305. The molecule has 5 nitrogen and oxygen atoms in total. The Labute approximate surface area is 164 Å². The first kappa shape index (κ1) is 19.1. The molecule has 0 fully saturated rings. The van der Waals surface area contributed by atoms with Gasteiger partial charge >= 0.3 is 0 Å². The standard InChI is InChI=1S/C19H19N3O2.HI/c1-13-4-6-16(7-5-13)18-12-17(21-24-18)19(23)20-14(2)15-8-10-22(3)11-9-15;/h4-12,14H,1-3H3;1H. The Kier molecular flexibility index (Phi) is 6.30. The summed E-state index contributed by atoms with van der Waals surface area (Å²) in [6.07, 6.45) is 3.90. The molecule has 0 saturated heterocycles. The molecule has 0 bridgehead atoms. The first-order valence-corrected chi connectivity index (χ1v) is 7.83. The Balaban J connectivity index is 0.00000225. The lowest BCUT2D eigenvalue weighted by Crippen LogP contribution is -3.00. The van der Waals surface area contributed by atoms with Gasteiger partial charge in [-0.25, -0.2) is 4.57 Å². The van der Waals surface area contributed by atoms with Crippen molar-refractivity contribution in [3.63, 3.8) is 0 Å². The van der Waals surface area contributed by atoms with Crippen molar-refractivity contribution in [1.82, 2.24) is 10.5 Å². The molecule has 0 aliphatic heterocycles. The summed E-state index contributed by atoms with van der Waals surface area (Å²) in [6.45, 7) is 3.96. The van der Waals surface area contributed by atoms with E-state index in [4.69, 9.17) is 4.52 Å². The highest BCUT2D eigenvalue weighted by Crippen LogP contribution is 2.21. The molecule has 130 valence electrons. The average Bonchev–Trinajstić information content (AvgIpc) is 3.06. The van der Waals surface area contributed by atoms with E-state index in [1.54, 1.807) is 6.07 Å². The van der Waals surface area contributed by atoms with Gasteiger partial charge in [0.25, 0.3) is 5.91 Å². The molecule has 3 rings (SSSR count). The molecule has 0 spiro atoms. The SMILES string of the molecule is Cc1ccc(-c2cc(C(=O)NC(C)c3cc[n+](C)cc3)no2)cc1.[I-]. The summed E-state index contributed by atoms with van der Waals surface area (Å²) in [4.78, 5) is 12.4. The lowest BCUT2D eigenvalue weighted by molar-refractivity contribution is -0.671. The van der Waals surface area contributed by atoms with Crippen molar-refractivity contribution < 1.29 is 37.9 Å². The van der Waals surface area contributed by atoms with Crippen LogP contribution in [0.1, 0.15) is 34.6 Å². The van der Waals surface area contributed by atoms with Gasteiger partial charge in [0.15, 0.2) is 23.8 Å². The minimum absolute atomic E-state index is 0. The summed E-state index contributed by atoms with van der Waals surface area (Å²) in [5.41, 5.74) is 3.37. The topological polar surface area (TPSA) is 59.0 Å². The van der Waals surface area contributed by atoms with Gasteiger partial charge in [-0.3, -0.25) is 4.79 Å². The highest BCUT2D eigenvalue weighted by molar-refractivity contribution is 5.93. The smallest absolute Gasteiger partial charge is 0.273 e. The first-order chi connectivity index (χ1) is 11.5. The molecule has 3 aromatic rings. The van der Waals surface area contributed by atoms with Gasteiger partial charge in [-0.15, -0.1) is 0 Å². The van der Waals surface area contributed by atoms with Crippen molar-refractivity contribution in [3.8, 4) is 11.3 Å².